The average Bonchev–Trinajstić information content (AvgIpc) is 2.89. The Morgan fingerprint density at radius 1 is 1.05 bits per heavy atom. The van der Waals surface area contributed by atoms with Crippen molar-refractivity contribution in [3.8, 4) is 11.3 Å². The molecule has 0 saturated heterocycles. The van der Waals surface area contributed by atoms with Gasteiger partial charge in [0, 0.05) is 23.3 Å². The third-order valence-corrected chi connectivity index (χ3v) is 9.18. The molecule has 1 aromatic carbocycles. The van der Waals surface area contributed by atoms with E-state index in [0.29, 0.717) is 34.9 Å². The maximum absolute atomic E-state index is 12.9. The van der Waals surface area contributed by atoms with Crippen molar-refractivity contribution in [3.63, 3.8) is 0 Å². The van der Waals surface area contributed by atoms with E-state index in [0.717, 1.165) is 54.4 Å². The largest absolute Gasteiger partial charge is 0.351 e. The summed E-state index contributed by atoms with van der Waals surface area (Å²) < 4.78 is 25.8. The van der Waals surface area contributed by atoms with Gasteiger partial charge in [0.2, 0.25) is 5.95 Å². The van der Waals surface area contributed by atoms with E-state index >= 15 is 0 Å². The highest BCUT2D eigenvalue weighted by molar-refractivity contribution is 7.90. The lowest BCUT2D eigenvalue weighted by Crippen LogP contribution is -2.33. The molecule has 0 amide bonds. The van der Waals surface area contributed by atoms with Gasteiger partial charge in [-0.2, -0.15) is 0 Å². The van der Waals surface area contributed by atoms with Crippen molar-refractivity contribution in [2.24, 2.45) is 5.73 Å². The molecule has 0 bridgehead atoms. The third-order valence-electron chi connectivity index (χ3n) is 7.04. The molecule has 8 nitrogen and oxygen atoms in total. The van der Waals surface area contributed by atoms with Crippen LogP contribution in [0.15, 0.2) is 53.6 Å². The van der Waals surface area contributed by atoms with Crippen molar-refractivity contribution in [2.75, 3.05) is 5.32 Å². The van der Waals surface area contributed by atoms with E-state index in [2.05, 4.69) is 22.2 Å². The molecule has 1 aliphatic rings. The van der Waals surface area contributed by atoms with E-state index < -0.39 is 9.84 Å². The maximum Gasteiger partial charge on any atom is 0.223 e. The normalized spacial score (nSPS) is 18.0. The lowest BCUT2D eigenvalue weighted by atomic mass is 9.92. The number of hydrogen-bond acceptors (Lipinski definition) is 8. The first kappa shape index (κ1) is 26.5. The average molecular weight is 551 g/mol. The summed E-state index contributed by atoms with van der Waals surface area (Å²) in [5, 5.41) is 3.67. The monoisotopic (exact) mass is 550 g/mol. The smallest absolute Gasteiger partial charge is 0.223 e. The van der Waals surface area contributed by atoms with Crippen LogP contribution in [0, 0.1) is 6.92 Å². The van der Waals surface area contributed by atoms with E-state index in [1.165, 1.54) is 6.07 Å². The molecular weight excluding hydrogens is 520 g/mol. The van der Waals surface area contributed by atoms with Crippen LogP contribution in [0.25, 0.3) is 22.3 Å². The van der Waals surface area contributed by atoms with Gasteiger partial charge in [-0.15, -0.1) is 0 Å². The molecule has 3 aromatic heterocycles. The minimum Gasteiger partial charge on any atom is -0.351 e. The number of hydrogen-bond donors (Lipinski definition) is 2. The van der Waals surface area contributed by atoms with Crippen molar-refractivity contribution in [2.45, 2.75) is 68.7 Å². The van der Waals surface area contributed by atoms with Crippen LogP contribution in [0.2, 0.25) is 5.02 Å². The van der Waals surface area contributed by atoms with Crippen molar-refractivity contribution in [3.05, 3.63) is 70.6 Å². The molecule has 0 radical (unpaired) electrons. The summed E-state index contributed by atoms with van der Waals surface area (Å²) in [5.41, 5.74) is 11.4. The Labute approximate surface area is 228 Å². The van der Waals surface area contributed by atoms with E-state index in [1.54, 1.807) is 30.5 Å². The summed E-state index contributed by atoms with van der Waals surface area (Å²) in [7, 11) is -3.63. The fourth-order valence-electron chi connectivity index (χ4n) is 4.95. The van der Waals surface area contributed by atoms with E-state index in [4.69, 9.17) is 27.3 Å². The number of nitrogens with one attached hydrogen (secondary N) is 1. The lowest BCUT2D eigenvalue weighted by Gasteiger charge is -2.26. The summed E-state index contributed by atoms with van der Waals surface area (Å²) in [4.78, 5) is 18.9. The second-order valence-corrected chi connectivity index (χ2v) is 12.2. The number of nitrogens with two attached hydrogens (primary N) is 1. The molecule has 1 aliphatic carbocycles. The van der Waals surface area contributed by atoms with Crippen LogP contribution >= 0.6 is 11.6 Å². The number of aryl methyl sites for hydroxylation is 2. The van der Waals surface area contributed by atoms with Gasteiger partial charge >= 0.3 is 0 Å². The van der Waals surface area contributed by atoms with Crippen molar-refractivity contribution in [1.29, 1.82) is 0 Å². The standard InChI is InChI=1S/C28H31ClN6O2S/c1-3-18-14-24(34-25-15-31-28(35-27(18)25)33-20-10-8-19(30)9-11-20)22-13-12-21(32-17(22)2)16-38(36,37)26-7-5-4-6-23(26)29/h4-7,12-15,19-20H,3,8-11,16,30H2,1-2H3,(H,31,33,35). The SMILES string of the molecule is CCc1cc(-c2ccc(CS(=O)(=O)c3ccccc3Cl)nc2C)nc2cnc(NC3CCC(N)CC3)nc12. The first-order valence-corrected chi connectivity index (χ1v) is 14.9. The Kier molecular flexibility index (Phi) is 7.61. The lowest BCUT2D eigenvalue weighted by molar-refractivity contribution is 0.410. The topological polar surface area (TPSA) is 124 Å². The molecule has 3 heterocycles. The summed E-state index contributed by atoms with van der Waals surface area (Å²) in [6.07, 6.45) is 6.59. The molecule has 0 aliphatic heterocycles. The molecule has 3 N–H and O–H groups in total. The van der Waals surface area contributed by atoms with Crippen molar-refractivity contribution < 1.29 is 8.42 Å². The van der Waals surface area contributed by atoms with Crippen LogP contribution in [-0.2, 0) is 22.0 Å². The zero-order chi connectivity index (χ0) is 26.9. The van der Waals surface area contributed by atoms with Gasteiger partial charge in [0.05, 0.1) is 38.8 Å². The molecule has 5 rings (SSSR count). The summed E-state index contributed by atoms with van der Waals surface area (Å²) >= 11 is 6.12. The fraction of sp³-hybridized carbons (Fsp3) is 0.357. The van der Waals surface area contributed by atoms with Crippen molar-refractivity contribution in [1.82, 2.24) is 19.9 Å². The summed E-state index contributed by atoms with van der Waals surface area (Å²) in [6.45, 7) is 3.95. The Hall–Kier alpha value is -3.14. The minimum absolute atomic E-state index is 0.106. The number of nitrogens with zero attached hydrogens (tertiary/aromatic N) is 4. The van der Waals surface area contributed by atoms with Gasteiger partial charge in [0.25, 0.3) is 0 Å². The molecular formula is C28H31ClN6O2S. The fourth-order valence-corrected chi connectivity index (χ4v) is 6.79. The highest BCUT2D eigenvalue weighted by atomic mass is 35.5. The summed E-state index contributed by atoms with van der Waals surface area (Å²) in [6, 6.07) is 12.7. The number of sulfone groups is 1. The van der Waals surface area contributed by atoms with E-state index in [-0.39, 0.29) is 15.7 Å². The van der Waals surface area contributed by atoms with Gasteiger partial charge in [-0.1, -0.05) is 30.7 Å². The van der Waals surface area contributed by atoms with Crippen LogP contribution in [0.5, 0.6) is 0 Å². The number of halogens is 1. The number of benzene rings is 1. The van der Waals surface area contributed by atoms with Crippen LogP contribution in [0.1, 0.15) is 49.6 Å². The van der Waals surface area contributed by atoms with Gasteiger partial charge < -0.3 is 11.1 Å². The third kappa shape index (κ3) is 5.65. The highest BCUT2D eigenvalue weighted by Crippen LogP contribution is 2.29. The van der Waals surface area contributed by atoms with E-state index in [1.807, 2.05) is 19.1 Å². The molecule has 38 heavy (non-hydrogen) atoms. The highest BCUT2D eigenvalue weighted by Gasteiger charge is 2.21. The number of anilines is 1. The number of aromatic nitrogens is 4. The van der Waals surface area contributed by atoms with Gasteiger partial charge in [-0.05, 0) is 74.9 Å². The molecule has 0 spiro atoms. The second-order valence-electron chi connectivity index (χ2n) is 9.83. The van der Waals surface area contributed by atoms with Gasteiger partial charge in [0.15, 0.2) is 9.84 Å². The predicted octanol–water partition coefficient (Wildman–Crippen LogP) is 5.27. The summed E-state index contributed by atoms with van der Waals surface area (Å²) in [5.74, 6) is 0.379. The second kappa shape index (κ2) is 10.9. The van der Waals surface area contributed by atoms with Crippen molar-refractivity contribution >= 4 is 38.4 Å². The molecule has 10 heteroatoms. The Morgan fingerprint density at radius 2 is 1.82 bits per heavy atom. The molecule has 1 saturated carbocycles. The van der Waals surface area contributed by atoms with Crippen LogP contribution in [-0.4, -0.2) is 40.4 Å². The zero-order valence-corrected chi connectivity index (χ0v) is 23.1. The molecule has 198 valence electrons. The molecule has 0 unspecified atom stereocenters. The first-order valence-electron chi connectivity index (χ1n) is 12.9. The minimum atomic E-state index is -3.63. The quantitative estimate of drug-likeness (QED) is 0.319. The maximum atomic E-state index is 12.9. The number of pyridine rings is 2. The van der Waals surface area contributed by atoms with Crippen LogP contribution in [0.3, 0.4) is 0 Å². The zero-order valence-electron chi connectivity index (χ0n) is 21.5. The molecule has 1 fully saturated rings. The Bertz CT molecular complexity index is 1590. The Balaban J connectivity index is 1.41. The van der Waals surface area contributed by atoms with Gasteiger partial charge in [-0.3, -0.25) is 4.98 Å². The number of fused-ring (bicyclic) bond motifs is 1. The van der Waals surface area contributed by atoms with E-state index in [9.17, 15) is 8.42 Å². The van der Waals surface area contributed by atoms with Crippen LogP contribution in [0.4, 0.5) is 5.95 Å². The molecule has 0 atom stereocenters. The first-order chi connectivity index (χ1) is 18.2. The Morgan fingerprint density at radius 3 is 2.53 bits per heavy atom. The molecule has 4 aromatic rings. The van der Waals surface area contributed by atoms with Gasteiger partial charge in [-0.25, -0.2) is 23.4 Å². The van der Waals surface area contributed by atoms with Crippen LogP contribution < -0.4 is 11.1 Å². The predicted molar refractivity (Wildman–Crippen MR) is 151 cm³/mol. The number of rotatable bonds is 7. The van der Waals surface area contributed by atoms with Gasteiger partial charge in [0.1, 0.15) is 5.52 Å².